The van der Waals surface area contributed by atoms with Gasteiger partial charge in [-0.3, -0.25) is 4.98 Å². The van der Waals surface area contributed by atoms with Crippen LogP contribution in [-0.2, 0) is 10.0 Å². The van der Waals surface area contributed by atoms with Crippen LogP contribution in [0.2, 0.25) is 0 Å². The molecule has 2 aromatic rings. The molecule has 3 rings (SSSR count). The molecule has 1 N–H and O–H groups in total. The standard InChI is InChI=1S/C16H20N4O2S/c21-23(22,15-4-2-1-3-5-15)19-12-14-6-10-20(11-7-14)16-13-17-8-9-18-16/h1-5,8-9,13-14,19H,6-7,10-12H2. The Kier molecular flexibility index (Phi) is 4.88. The van der Waals surface area contributed by atoms with Gasteiger partial charge in [-0.1, -0.05) is 18.2 Å². The average molecular weight is 332 g/mol. The molecule has 1 fully saturated rings. The van der Waals surface area contributed by atoms with E-state index < -0.39 is 10.0 Å². The van der Waals surface area contributed by atoms with Gasteiger partial charge in [-0.2, -0.15) is 0 Å². The largest absolute Gasteiger partial charge is 0.355 e. The fourth-order valence-corrected chi connectivity index (χ4v) is 3.87. The fourth-order valence-electron chi connectivity index (χ4n) is 2.73. The van der Waals surface area contributed by atoms with E-state index in [1.807, 2.05) is 0 Å². The van der Waals surface area contributed by atoms with Gasteiger partial charge >= 0.3 is 0 Å². The maximum Gasteiger partial charge on any atom is 0.240 e. The molecule has 0 amide bonds. The van der Waals surface area contributed by atoms with Gasteiger partial charge in [0.2, 0.25) is 10.0 Å². The quantitative estimate of drug-likeness (QED) is 0.901. The number of anilines is 1. The Morgan fingerprint density at radius 2 is 1.87 bits per heavy atom. The minimum absolute atomic E-state index is 0.317. The highest BCUT2D eigenvalue weighted by molar-refractivity contribution is 7.89. The third-order valence-corrected chi connectivity index (χ3v) is 5.54. The van der Waals surface area contributed by atoms with E-state index in [-0.39, 0.29) is 0 Å². The van der Waals surface area contributed by atoms with Crippen molar-refractivity contribution in [2.24, 2.45) is 5.92 Å². The van der Waals surface area contributed by atoms with E-state index in [9.17, 15) is 8.42 Å². The molecule has 7 heteroatoms. The molecule has 2 heterocycles. The molecule has 0 bridgehead atoms. The first-order valence-electron chi connectivity index (χ1n) is 7.71. The van der Waals surface area contributed by atoms with Crippen molar-refractivity contribution in [3.8, 4) is 0 Å². The van der Waals surface area contributed by atoms with E-state index in [1.165, 1.54) is 0 Å². The van der Waals surface area contributed by atoms with E-state index in [0.29, 0.717) is 17.4 Å². The molecule has 1 aromatic carbocycles. The molecular formula is C16H20N4O2S. The van der Waals surface area contributed by atoms with Crippen molar-refractivity contribution in [3.05, 3.63) is 48.9 Å². The Bertz CT molecular complexity index is 714. The third-order valence-electron chi connectivity index (χ3n) is 4.10. The minimum Gasteiger partial charge on any atom is -0.355 e. The lowest BCUT2D eigenvalue weighted by atomic mass is 9.97. The van der Waals surface area contributed by atoms with Gasteiger partial charge in [-0.05, 0) is 30.9 Å². The Morgan fingerprint density at radius 3 is 2.52 bits per heavy atom. The summed E-state index contributed by atoms with van der Waals surface area (Å²) in [7, 11) is -3.41. The second-order valence-electron chi connectivity index (χ2n) is 5.66. The Labute approximate surface area is 136 Å². The summed E-state index contributed by atoms with van der Waals surface area (Å²) in [6.07, 6.45) is 6.99. The number of nitrogens with one attached hydrogen (secondary N) is 1. The van der Waals surface area contributed by atoms with Gasteiger partial charge in [0.25, 0.3) is 0 Å². The van der Waals surface area contributed by atoms with Crippen molar-refractivity contribution in [2.45, 2.75) is 17.7 Å². The van der Waals surface area contributed by atoms with Gasteiger partial charge in [0.15, 0.2) is 0 Å². The molecule has 1 aromatic heterocycles. The fraction of sp³-hybridized carbons (Fsp3) is 0.375. The summed E-state index contributed by atoms with van der Waals surface area (Å²) in [5.74, 6) is 1.23. The predicted molar refractivity (Wildman–Crippen MR) is 88.6 cm³/mol. The Morgan fingerprint density at radius 1 is 1.13 bits per heavy atom. The highest BCUT2D eigenvalue weighted by Gasteiger charge is 2.22. The molecule has 0 atom stereocenters. The molecule has 6 nitrogen and oxygen atoms in total. The molecule has 0 saturated carbocycles. The first-order valence-corrected chi connectivity index (χ1v) is 9.19. The number of sulfonamides is 1. The summed E-state index contributed by atoms with van der Waals surface area (Å²) in [6, 6.07) is 8.49. The summed E-state index contributed by atoms with van der Waals surface area (Å²) < 4.78 is 27.2. The first-order chi connectivity index (χ1) is 11.1. The normalized spacial score (nSPS) is 16.4. The monoisotopic (exact) mass is 332 g/mol. The van der Waals surface area contributed by atoms with Crippen LogP contribution in [0.15, 0.2) is 53.8 Å². The maximum absolute atomic E-state index is 12.2. The van der Waals surface area contributed by atoms with Crippen molar-refractivity contribution >= 4 is 15.8 Å². The van der Waals surface area contributed by atoms with Crippen LogP contribution in [0.4, 0.5) is 5.82 Å². The van der Waals surface area contributed by atoms with Crippen molar-refractivity contribution in [1.82, 2.24) is 14.7 Å². The van der Waals surface area contributed by atoms with Crippen molar-refractivity contribution in [2.75, 3.05) is 24.5 Å². The van der Waals surface area contributed by atoms with E-state index in [1.54, 1.807) is 48.9 Å². The molecule has 23 heavy (non-hydrogen) atoms. The molecular weight excluding hydrogens is 312 g/mol. The molecule has 0 radical (unpaired) electrons. The van der Waals surface area contributed by atoms with Crippen LogP contribution in [0.5, 0.6) is 0 Å². The highest BCUT2D eigenvalue weighted by Crippen LogP contribution is 2.21. The highest BCUT2D eigenvalue weighted by atomic mass is 32.2. The van der Waals surface area contributed by atoms with Crippen LogP contribution >= 0.6 is 0 Å². The van der Waals surface area contributed by atoms with E-state index >= 15 is 0 Å². The summed E-state index contributed by atoms with van der Waals surface area (Å²) in [5, 5.41) is 0. The molecule has 0 spiro atoms. The maximum atomic E-state index is 12.2. The first kappa shape index (κ1) is 15.9. The number of rotatable bonds is 5. The van der Waals surface area contributed by atoms with Gasteiger partial charge in [-0.25, -0.2) is 18.1 Å². The summed E-state index contributed by atoms with van der Waals surface area (Å²) in [6.45, 7) is 2.22. The SMILES string of the molecule is O=S(=O)(NCC1CCN(c2cnccn2)CC1)c1ccccc1. The summed E-state index contributed by atoms with van der Waals surface area (Å²) in [4.78, 5) is 10.9. The van der Waals surface area contributed by atoms with E-state index in [0.717, 1.165) is 31.7 Å². The van der Waals surface area contributed by atoms with Crippen molar-refractivity contribution in [1.29, 1.82) is 0 Å². The van der Waals surface area contributed by atoms with Crippen LogP contribution in [0.25, 0.3) is 0 Å². The average Bonchev–Trinajstić information content (AvgIpc) is 2.62. The molecule has 1 aliphatic rings. The summed E-state index contributed by atoms with van der Waals surface area (Å²) in [5.41, 5.74) is 0. The minimum atomic E-state index is -3.41. The van der Waals surface area contributed by atoms with Crippen molar-refractivity contribution < 1.29 is 8.42 Å². The van der Waals surface area contributed by atoms with Gasteiger partial charge in [0.05, 0.1) is 11.1 Å². The van der Waals surface area contributed by atoms with E-state index in [2.05, 4.69) is 19.6 Å². The lowest BCUT2D eigenvalue weighted by Crippen LogP contribution is -2.39. The molecule has 1 aliphatic heterocycles. The number of piperidine rings is 1. The van der Waals surface area contributed by atoms with Crippen LogP contribution in [0, 0.1) is 5.92 Å². The summed E-state index contributed by atoms with van der Waals surface area (Å²) >= 11 is 0. The smallest absolute Gasteiger partial charge is 0.240 e. The molecule has 0 aliphatic carbocycles. The molecule has 1 saturated heterocycles. The number of benzene rings is 1. The third kappa shape index (κ3) is 4.05. The zero-order valence-corrected chi connectivity index (χ0v) is 13.6. The van der Waals surface area contributed by atoms with Gasteiger partial charge in [-0.15, -0.1) is 0 Å². The van der Waals surface area contributed by atoms with E-state index in [4.69, 9.17) is 0 Å². The van der Waals surface area contributed by atoms with Crippen LogP contribution in [0.1, 0.15) is 12.8 Å². The zero-order chi connectivity index (χ0) is 16.1. The number of hydrogen-bond acceptors (Lipinski definition) is 5. The van der Waals surface area contributed by atoms with Gasteiger partial charge in [0.1, 0.15) is 5.82 Å². The lowest BCUT2D eigenvalue weighted by molar-refractivity contribution is 0.400. The number of nitrogens with zero attached hydrogens (tertiary/aromatic N) is 3. The topological polar surface area (TPSA) is 75.2 Å². The van der Waals surface area contributed by atoms with Gasteiger partial charge < -0.3 is 4.90 Å². The second kappa shape index (κ2) is 7.06. The molecule has 122 valence electrons. The Hall–Kier alpha value is -1.99. The van der Waals surface area contributed by atoms with Crippen LogP contribution in [-0.4, -0.2) is 38.0 Å². The lowest BCUT2D eigenvalue weighted by Gasteiger charge is -2.32. The second-order valence-corrected chi connectivity index (χ2v) is 7.43. The van der Waals surface area contributed by atoms with Gasteiger partial charge in [0, 0.05) is 32.0 Å². The Balaban J connectivity index is 1.52. The van der Waals surface area contributed by atoms with Crippen LogP contribution < -0.4 is 9.62 Å². The van der Waals surface area contributed by atoms with Crippen LogP contribution in [0.3, 0.4) is 0 Å². The zero-order valence-electron chi connectivity index (χ0n) is 12.8. The number of hydrogen-bond donors (Lipinski definition) is 1. The predicted octanol–water partition coefficient (Wildman–Crippen LogP) is 1.67. The molecule has 0 unspecified atom stereocenters. The van der Waals surface area contributed by atoms with Crippen molar-refractivity contribution in [3.63, 3.8) is 0 Å². The number of aromatic nitrogens is 2.